The van der Waals surface area contributed by atoms with Crippen LogP contribution in [-0.2, 0) is 6.42 Å². The van der Waals surface area contributed by atoms with Crippen molar-refractivity contribution in [3.05, 3.63) is 52.4 Å². The van der Waals surface area contributed by atoms with Crippen molar-refractivity contribution in [2.45, 2.75) is 6.42 Å². The normalized spacial score (nSPS) is 11.3. The molecule has 0 fully saturated rings. The van der Waals surface area contributed by atoms with Crippen LogP contribution in [0.25, 0.3) is 0 Å². The van der Waals surface area contributed by atoms with Crippen molar-refractivity contribution in [2.24, 2.45) is 0 Å². The number of hydrogen-bond acceptors (Lipinski definition) is 0. The number of benzene rings is 1. The molecule has 15 heavy (non-hydrogen) atoms. The van der Waals surface area contributed by atoms with Gasteiger partial charge in [0.2, 0.25) is 0 Å². The predicted molar refractivity (Wildman–Crippen MR) is 52.5 cm³/mol. The van der Waals surface area contributed by atoms with Crippen LogP contribution >= 0.6 is 15.9 Å². The predicted octanol–water partition coefficient (Wildman–Crippen LogP) is 3.88. The van der Waals surface area contributed by atoms with Gasteiger partial charge in [0.1, 0.15) is 0 Å². The van der Waals surface area contributed by atoms with E-state index in [-0.39, 0.29) is 6.42 Å². The van der Waals surface area contributed by atoms with Crippen LogP contribution in [0.3, 0.4) is 0 Å². The SMILES string of the molecule is [CH2]c1c(F)c(F)c(C/C=C\Br)c(F)c1F. The maximum atomic E-state index is 13.2. The summed E-state index contributed by atoms with van der Waals surface area (Å²) in [5, 5.41) is 0. The minimum Gasteiger partial charge on any atom is -0.203 e. The van der Waals surface area contributed by atoms with Gasteiger partial charge < -0.3 is 0 Å². The van der Waals surface area contributed by atoms with E-state index in [2.05, 4.69) is 22.9 Å². The van der Waals surface area contributed by atoms with Crippen molar-refractivity contribution < 1.29 is 17.6 Å². The number of allylic oxidation sites excluding steroid dienone is 1. The van der Waals surface area contributed by atoms with Gasteiger partial charge in [-0.2, -0.15) is 0 Å². The molecule has 0 heterocycles. The summed E-state index contributed by atoms with van der Waals surface area (Å²) in [5.74, 6) is -5.70. The Balaban J connectivity index is 3.38. The van der Waals surface area contributed by atoms with Gasteiger partial charge in [-0.25, -0.2) is 17.6 Å². The molecule has 0 N–H and O–H groups in total. The van der Waals surface area contributed by atoms with Gasteiger partial charge in [0.05, 0.1) is 0 Å². The fourth-order valence-corrected chi connectivity index (χ4v) is 1.25. The molecule has 0 aliphatic rings. The van der Waals surface area contributed by atoms with Crippen LogP contribution in [0, 0.1) is 30.2 Å². The molecule has 1 radical (unpaired) electrons. The highest BCUT2D eigenvalue weighted by molar-refractivity contribution is 9.11. The zero-order valence-corrected chi connectivity index (χ0v) is 9.04. The van der Waals surface area contributed by atoms with Crippen LogP contribution in [0.1, 0.15) is 11.1 Å². The first kappa shape index (κ1) is 12.2. The summed E-state index contributed by atoms with van der Waals surface area (Å²) in [6, 6.07) is 0. The van der Waals surface area contributed by atoms with Crippen LogP contribution in [-0.4, -0.2) is 0 Å². The molecular formula is C10H6BrF4. The van der Waals surface area contributed by atoms with Gasteiger partial charge in [-0.3, -0.25) is 0 Å². The fraction of sp³-hybridized carbons (Fsp3) is 0.100. The average molecular weight is 282 g/mol. The van der Waals surface area contributed by atoms with Crippen molar-refractivity contribution in [1.82, 2.24) is 0 Å². The molecule has 0 aliphatic carbocycles. The fourth-order valence-electron chi connectivity index (χ4n) is 1.06. The maximum Gasteiger partial charge on any atom is 0.165 e. The van der Waals surface area contributed by atoms with E-state index in [1.165, 1.54) is 11.1 Å². The number of hydrogen-bond donors (Lipinski definition) is 0. The first-order valence-electron chi connectivity index (χ1n) is 3.92. The van der Waals surface area contributed by atoms with Crippen LogP contribution in [0.5, 0.6) is 0 Å². The molecule has 0 saturated heterocycles. The van der Waals surface area contributed by atoms with E-state index < -0.39 is 34.4 Å². The Morgan fingerprint density at radius 2 is 1.47 bits per heavy atom. The summed E-state index contributed by atoms with van der Waals surface area (Å²) in [6.45, 7) is 2.91. The van der Waals surface area contributed by atoms with Gasteiger partial charge in [0.15, 0.2) is 23.3 Å². The second-order valence-corrected chi connectivity index (χ2v) is 3.31. The van der Waals surface area contributed by atoms with E-state index in [1.54, 1.807) is 0 Å². The smallest absolute Gasteiger partial charge is 0.165 e. The van der Waals surface area contributed by atoms with Crippen molar-refractivity contribution in [2.75, 3.05) is 0 Å². The van der Waals surface area contributed by atoms with Crippen molar-refractivity contribution in [3.8, 4) is 0 Å². The van der Waals surface area contributed by atoms with E-state index in [0.29, 0.717) is 0 Å². The minimum absolute atomic E-state index is 0.239. The van der Waals surface area contributed by atoms with Gasteiger partial charge in [-0.1, -0.05) is 22.0 Å². The number of rotatable bonds is 2. The Bertz CT molecular complexity index is 383. The molecule has 5 heteroatoms. The third kappa shape index (κ3) is 2.22. The van der Waals surface area contributed by atoms with Gasteiger partial charge in [-0.15, -0.1) is 0 Å². The molecule has 0 spiro atoms. The molecule has 0 unspecified atom stereocenters. The summed E-state index contributed by atoms with van der Waals surface area (Å²) < 4.78 is 52.3. The minimum atomic E-state index is -1.45. The third-order valence-corrected chi connectivity index (χ3v) is 2.23. The summed E-state index contributed by atoms with van der Waals surface area (Å²) >= 11 is 2.88. The second-order valence-electron chi connectivity index (χ2n) is 2.78. The molecule has 0 amide bonds. The van der Waals surface area contributed by atoms with Crippen molar-refractivity contribution in [1.29, 1.82) is 0 Å². The molecule has 81 valence electrons. The van der Waals surface area contributed by atoms with Gasteiger partial charge in [0, 0.05) is 11.1 Å². The monoisotopic (exact) mass is 281 g/mol. The topological polar surface area (TPSA) is 0 Å². The van der Waals surface area contributed by atoms with Crippen LogP contribution < -0.4 is 0 Å². The zero-order chi connectivity index (χ0) is 11.6. The molecule has 0 atom stereocenters. The molecule has 0 aromatic heterocycles. The first-order chi connectivity index (χ1) is 7.00. The highest BCUT2D eigenvalue weighted by Crippen LogP contribution is 2.24. The van der Waals surface area contributed by atoms with Crippen LogP contribution in [0.2, 0.25) is 0 Å². The van der Waals surface area contributed by atoms with E-state index in [4.69, 9.17) is 0 Å². The summed E-state index contributed by atoms with van der Waals surface area (Å²) in [5.41, 5.74) is -1.54. The first-order valence-corrected chi connectivity index (χ1v) is 4.84. The Hall–Kier alpha value is -0.840. The highest BCUT2D eigenvalue weighted by atomic mass is 79.9. The molecule has 1 aromatic rings. The Kier molecular flexibility index (Phi) is 3.90. The van der Waals surface area contributed by atoms with E-state index in [9.17, 15) is 17.6 Å². The molecule has 1 rings (SSSR count). The average Bonchev–Trinajstić information content (AvgIpc) is 2.24. The Morgan fingerprint density at radius 1 is 1.00 bits per heavy atom. The van der Waals surface area contributed by atoms with Crippen molar-refractivity contribution >= 4 is 15.9 Å². The molecule has 0 bridgehead atoms. The van der Waals surface area contributed by atoms with Crippen LogP contribution in [0.4, 0.5) is 17.6 Å². The Labute approximate surface area is 92.7 Å². The second kappa shape index (κ2) is 4.79. The molecule has 0 nitrogen and oxygen atoms in total. The lowest BCUT2D eigenvalue weighted by atomic mass is 10.1. The molecule has 1 aromatic carbocycles. The van der Waals surface area contributed by atoms with Gasteiger partial charge >= 0.3 is 0 Å². The molecule has 0 aliphatic heterocycles. The third-order valence-electron chi connectivity index (χ3n) is 1.86. The van der Waals surface area contributed by atoms with Crippen LogP contribution in [0.15, 0.2) is 11.1 Å². The summed E-state index contributed by atoms with van der Waals surface area (Å²) in [7, 11) is 0. The largest absolute Gasteiger partial charge is 0.203 e. The summed E-state index contributed by atoms with van der Waals surface area (Å²) in [6.07, 6.45) is 1.08. The number of halogens is 5. The highest BCUT2D eigenvalue weighted by Gasteiger charge is 2.21. The maximum absolute atomic E-state index is 13.2. The molecular weight excluding hydrogens is 276 g/mol. The van der Waals surface area contributed by atoms with Crippen molar-refractivity contribution in [3.63, 3.8) is 0 Å². The quantitative estimate of drug-likeness (QED) is 0.570. The van der Waals surface area contributed by atoms with E-state index in [0.717, 1.165) is 0 Å². The van der Waals surface area contributed by atoms with E-state index in [1.807, 2.05) is 0 Å². The van der Waals surface area contributed by atoms with Gasteiger partial charge in [-0.05, 0) is 18.3 Å². The van der Waals surface area contributed by atoms with E-state index >= 15 is 0 Å². The zero-order valence-electron chi connectivity index (χ0n) is 7.46. The summed E-state index contributed by atoms with van der Waals surface area (Å²) in [4.78, 5) is 1.35. The lowest BCUT2D eigenvalue weighted by Crippen LogP contribution is -2.05. The standard InChI is InChI=1S/C10H6BrF4/c1-5-7(12)9(14)6(3-2-4-11)10(15)8(5)13/h2,4H,1,3H2/b4-2-. The lowest BCUT2D eigenvalue weighted by Gasteiger charge is -2.07. The van der Waals surface area contributed by atoms with Gasteiger partial charge in [0.25, 0.3) is 0 Å². The Morgan fingerprint density at radius 3 is 1.87 bits per heavy atom. The lowest BCUT2D eigenvalue weighted by molar-refractivity contribution is 0.437. The molecule has 0 saturated carbocycles.